The van der Waals surface area contributed by atoms with Gasteiger partial charge in [0.2, 0.25) is 0 Å². The molecule has 1 aromatic carbocycles. The standard InChI is InChI=1S/C8H8ClNO2S2/c1-4-6(10(14)8(11)12)3-2-5(9)7(4)13/h2-3,13-14H,1H3,(H,11,12). The molecule has 0 aliphatic heterocycles. The van der Waals surface area contributed by atoms with Gasteiger partial charge in [0, 0.05) is 4.90 Å². The first kappa shape index (κ1) is 11.6. The van der Waals surface area contributed by atoms with E-state index in [1.807, 2.05) is 0 Å². The van der Waals surface area contributed by atoms with E-state index in [0.29, 0.717) is 21.2 Å². The number of thiol groups is 2. The van der Waals surface area contributed by atoms with E-state index < -0.39 is 6.09 Å². The Labute approximate surface area is 97.6 Å². The minimum Gasteiger partial charge on any atom is -0.464 e. The molecule has 0 spiro atoms. The van der Waals surface area contributed by atoms with Gasteiger partial charge in [-0.05, 0) is 24.6 Å². The summed E-state index contributed by atoms with van der Waals surface area (Å²) in [6.07, 6.45) is -1.15. The Morgan fingerprint density at radius 1 is 1.57 bits per heavy atom. The fraction of sp³-hybridized carbons (Fsp3) is 0.125. The van der Waals surface area contributed by atoms with Gasteiger partial charge in [-0.25, -0.2) is 9.10 Å². The van der Waals surface area contributed by atoms with Gasteiger partial charge in [-0.1, -0.05) is 24.4 Å². The SMILES string of the molecule is Cc1c(N(S)C(=O)O)ccc(Cl)c1S. The molecule has 0 saturated carbocycles. The van der Waals surface area contributed by atoms with Gasteiger partial charge in [-0.2, -0.15) is 0 Å². The maximum atomic E-state index is 10.6. The highest BCUT2D eigenvalue weighted by molar-refractivity contribution is 7.82. The van der Waals surface area contributed by atoms with Gasteiger partial charge < -0.3 is 5.11 Å². The predicted octanol–water partition coefficient (Wildman–Crippen LogP) is 3.27. The van der Waals surface area contributed by atoms with Crippen molar-refractivity contribution in [2.75, 3.05) is 4.31 Å². The van der Waals surface area contributed by atoms with Crippen molar-refractivity contribution in [3.63, 3.8) is 0 Å². The lowest BCUT2D eigenvalue weighted by Gasteiger charge is -2.15. The van der Waals surface area contributed by atoms with Gasteiger partial charge >= 0.3 is 6.09 Å². The highest BCUT2D eigenvalue weighted by Gasteiger charge is 2.14. The van der Waals surface area contributed by atoms with Gasteiger partial charge in [0.15, 0.2) is 0 Å². The van der Waals surface area contributed by atoms with Crippen LogP contribution in [0, 0.1) is 6.92 Å². The summed E-state index contributed by atoms with van der Waals surface area (Å²) < 4.78 is 0.825. The first-order valence-corrected chi connectivity index (χ1v) is 4.87. The van der Waals surface area contributed by atoms with Crippen molar-refractivity contribution in [2.24, 2.45) is 0 Å². The summed E-state index contributed by atoms with van der Waals surface area (Å²) in [5.74, 6) is 0. The van der Waals surface area contributed by atoms with Crippen molar-refractivity contribution in [1.82, 2.24) is 0 Å². The first-order valence-electron chi connectivity index (χ1n) is 3.65. The predicted molar refractivity (Wildman–Crippen MR) is 62.9 cm³/mol. The Balaban J connectivity index is 3.24. The van der Waals surface area contributed by atoms with Crippen LogP contribution in [0.3, 0.4) is 0 Å². The molecule has 0 aliphatic rings. The summed E-state index contributed by atoms with van der Waals surface area (Å²) in [4.78, 5) is 11.2. The third-order valence-electron chi connectivity index (χ3n) is 1.76. The number of amides is 1. The second-order valence-electron chi connectivity index (χ2n) is 2.63. The van der Waals surface area contributed by atoms with E-state index in [1.165, 1.54) is 0 Å². The molecular weight excluding hydrogens is 242 g/mol. The molecule has 14 heavy (non-hydrogen) atoms. The largest absolute Gasteiger partial charge is 0.464 e. The number of anilines is 1. The lowest BCUT2D eigenvalue weighted by atomic mass is 10.2. The van der Waals surface area contributed by atoms with Crippen LogP contribution < -0.4 is 4.31 Å². The summed E-state index contributed by atoms with van der Waals surface area (Å²) in [5, 5.41) is 9.20. The fourth-order valence-corrected chi connectivity index (χ4v) is 1.60. The molecule has 1 rings (SSSR count). The van der Waals surface area contributed by atoms with Crippen LogP contribution in [0.15, 0.2) is 17.0 Å². The summed E-state index contributed by atoms with van der Waals surface area (Å²) in [6.45, 7) is 1.73. The van der Waals surface area contributed by atoms with Crippen molar-refractivity contribution in [2.45, 2.75) is 11.8 Å². The average Bonchev–Trinajstić information content (AvgIpc) is 2.13. The molecule has 1 amide bonds. The van der Waals surface area contributed by atoms with Gasteiger partial charge in [-0.15, -0.1) is 12.6 Å². The number of hydrogen-bond acceptors (Lipinski definition) is 3. The van der Waals surface area contributed by atoms with Crippen molar-refractivity contribution in [3.05, 3.63) is 22.7 Å². The molecule has 0 fully saturated rings. The molecule has 6 heteroatoms. The third-order valence-corrected chi connectivity index (χ3v) is 3.17. The lowest BCUT2D eigenvalue weighted by Crippen LogP contribution is -2.18. The Hall–Kier alpha value is -0.520. The molecular formula is C8H8ClNO2S2. The van der Waals surface area contributed by atoms with Crippen LogP contribution in [-0.2, 0) is 0 Å². The third kappa shape index (κ3) is 2.10. The molecule has 0 saturated heterocycles. The van der Waals surface area contributed by atoms with Crippen molar-refractivity contribution >= 4 is 48.8 Å². The quantitative estimate of drug-likeness (QED) is 0.669. The summed E-state index contributed by atoms with van der Waals surface area (Å²) >= 11 is 13.8. The normalized spacial score (nSPS) is 10.0. The molecule has 0 unspecified atom stereocenters. The fourth-order valence-electron chi connectivity index (χ4n) is 0.989. The van der Waals surface area contributed by atoms with Crippen LogP contribution in [0.25, 0.3) is 0 Å². The molecule has 1 N–H and O–H groups in total. The topological polar surface area (TPSA) is 40.5 Å². The molecule has 0 atom stereocenters. The van der Waals surface area contributed by atoms with E-state index in [-0.39, 0.29) is 0 Å². The van der Waals surface area contributed by atoms with Gasteiger partial charge in [0.25, 0.3) is 0 Å². The second kappa shape index (κ2) is 4.33. The second-order valence-corrected chi connectivity index (χ2v) is 3.89. The molecule has 1 aromatic rings. The van der Waals surface area contributed by atoms with E-state index in [0.717, 1.165) is 4.31 Å². The smallest absolute Gasteiger partial charge is 0.421 e. The Kier molecular flexibility index (Phi) is 3.58. The van der Waals surface area contributed by atoms with E-state index in [9.17, 15) is 4.79 Å². The van der Waals surface area contributed by atoms with E-state index >= 15 is 0 Å². The van der Waals surface area contributed by atoms with Crippen LogP contribution in [0.1, 0.15) is 5.56 Å². The maximum absolute atomic E-state index is 10.6. The maximum Gasteiger partial charge on any atom is 0.421 e. The highest BCUT2D eigenvalue weighted by atomic mass is 35.5. The van der Waals surface area contributed by atoms with Crippen molar-refractivity contribution in [3.8, 4) is 0 Å². The zero-order valence-electron chi connectivity index (χ0n) is 7.23. The zero-order chi connectivity index (χ0) is 10.9. The van der Waals surface area contributed by atoms with Crippen LogP contribution >= 0.6 is 37.0 Å². The lowest BCUT2D eigenvalue weighted by molar-refractivity contribution is 0.206. The Morgan fingerprint density at radius 3 is 2.64 bits per heavy atom. The number of benzene rings is 1. The van der Waals surface area contributed by atoms with Crippen LogP contribution in [-0.4, -0.2) is 11.2 Å². The number of carboxylic acid groups (broad SMARTS) is 1. The van der Waals surface area contributed by atoms with E-state index in [4.69, 9.17) is 16.7 Å². The zero-order valence-corrected chi connectivity index (χ0v) is 9.77. The molecule has 76 valence electrons. The minimum absolute atomic E-state index is 0.454. The van der Waals surface area contributed by atoms with Crippen LogP contribution in [0.2, 0.25) is 5.02 Å². The number of nitrogens with zero attached hydrogens (tertiary/aromatic N) is 1. The van der Waals surface area contributed by atoms with Crippen LogP contribution in [0.4, 0.5) is 10.5 Å². The summed E-state index contributed by atoms with van der Waals surface area (Å²) in [6, 6.07) is 3.16. The summed E-state index contributed by atoms with van der Waals surface area (Å²) in [5.41, 5.74) is 1.13. The molecule has 0 aliphatic carbocycles. The summed E-state index contributed by atoms with van der Waals surface area (Å²) in [7, 11) is 0. The van der Waals surface area contributed by atoms with E-state index in [2.05, 4.69) is 25.4 Å². The molecule has 0 bridgehead atoms. The Morgan fingerprint density at radius 2 is 2.14 bits per heavy atom. The molecule has 0 heterocycles. The first-order chi connectivity index (χ1) is 6.45. The van der Waals surface area contributed by atoms with Gasteiger partial charge in [0.05, 0.1) is 10.7 Å². The molecule has 3 nitrogen and oxygen atoms in total. The number of carbonyl (C=O) groups is 1. The highest BCUT2D eigenvalue weighted by Crippen LogP contribution is 2.32. The van der Waals surface area contributed by atoms with Gasteiger partial charge in [0.1, 0.15) is 0 Å². The number of hydrogen-bond donors (Lipinski definition) is 3. The van der Waals surface area contributed by atoms with E-state index in [1.54, 1.807) is 19.1 Å². The minimum atomic E-state index is -1.15. The Bertz CT molecular complexity index is 384. The number of halogens is 1. The number of rotatable bonds is 1. The van der Waals surface area contributed by atoms with Crippen LogP contribution in [0.5, 0.6) is 0 Å². The van der Waals surface area contributed by atoms with Crippen molar-refractivity contribution < 1.29 is 9.90 Å². The monoisotopic (exact) mass is 249 g/mol. The molecule has 0 aromatic heterocycles. The average molecular weight is 250 g/mol. The van der Waals surface area contributed by atoms with Gasteiger partial charge in [-0.3, -0.25) is 0 Å². The molecule has 0 radical (unpaired) electrons. The van der Waals surface area contributed by atoms with Crippen molar-refractivity contribution in [1.29, 1.82) is 0 Å².